The smallest absolute Gasteiger partial charge is 0.305 e. The van der Waals surface area contributed by atoms with Crippen LogP contribution in [-0.2, 0) is 9.53 Å². The fourth-order valence-corrected chi connectivity index (χ4v) is 2.62. The molecule has 0 spiro atoms. The van der Waals surface area contributed by atoms with Gasteiger partial charge in [-0.3, -0.25) is 4.79 Å². The van der Waals surface area contributed by atoms with Gasteiger partial charge in [-0.25, -0.2) is 0 Å². The Morgan fingerprint density at radius 1 is 1.00 bits per heavy atom. The highest BCUT2D eigenvalue weighted by molar-refractivity contribution is 5.83. The molecular formula is C16H16O2. The molecule has 2 heteroatoms. The van der Waals surface area contributed by atoms with Gasteiger partial charge >= 0.3 is 5.97 Å². The van der Waals surface area contributed by atoms with Crippen molar-refractivity contribution < 1.29 is 9.53 Å². The molecular weight excluding hydrogens is 224 g/mol. The zero-order valence-electron chi connectivity index (χ0n) is 10.3. The van der Waals surface area contributed by atoms with Crippen LogP contribution in [0.25, 0.3) is 10.8 Å². The maximum absolute atomic E-state index is 11.3. The Morgan fingerprint density at radius 2 is 1.83 bits per heavy atom. The lowest BCUT2D eigenvalue weighted by atomic mass is 9.90. The number of ether oxygens (including phenoxy) is 1. The van der Waals surface area contributed by atoms with Crippen LogP contribution in [0.3, 0.4) is 0 Å². The van der Waals surface area contributed by atoms with E-state index in [-0.39, 0.29) is 5.97 Å². The van der Waals surface area contributed by atoms with Crippen LogP contribution < -0.4 is 0 Å². The van der Waals surface area contributed by atoms with Crippen molar-refractivity contribution in [2.75, 3.05) is 6.61 Å². The molecule has 1 aliphatic heterocycles. The second-order valence-electron chi connectivity index (χ2n) is 4.85. The summed E-state index contributed by atoms with van der Waals surface area (Å²) in [6, 6.07) is 15.0. The van der Waals surface area contributed by atoms with E-state index < -0.39 is 0 Å². The van der Waals surface area contributed by atoms with E-state index in [2.05, 4.69) is 42.5 Å². The van der Waals surface area contributed by atoms with Gasteiger partial charge in [-0.05, 0) is 35.1 Å². The van der Waals surface area contributed by atoms with Crippen molar-refractivity contribution in [2.45, 2.75) is 25.2 Å². The number of esters is 1. The van der Waals surface area contributed by atoms with Gasteiger partial charge in [0.15, 0.2) is 0 Å². The van der Waals surface area contributed by atoms with Gasteiger partial charge in [0.2, 0.25) is 0 Å². The number of rotatable bonds is 1. The molecule has 1 fully saturated rings. The minimum Gasteiger partial charge on any atom is -0.466 e. The summed E-state index contributed by atoms with van der Waals surface area (Å²) in [5, 5.41) is 2.54. The minimum atomic E-state index is -0.0571. The molecule has 3 rings (SSSR count). The van der Waals surface area contributed by atoms with Crippen LogP contribution in [0.1, 0.15) is 30.7 Å². The number of benzene rings is 2. The summed E-state index contributed by atoms with van der Waals surface area (Å²) in [5.41, 5.74) is 1.33. The Hall–Kier alpha value is -1.83. The van der Waals surface area contributed by atoms with Crippen LogP contribution >= 0.6 is 0 Å². The van der Waals surface area contributed by atoms with E-state index >= 15 is 0 Å². The molecule has 0 aromatic heterocycles. The first-order valence-corrected chi connectivity index (χ1v) is 6.47. The highest BCUT2D eigenvalue weighted by Gasteiger charge is 2.18. The maximum Gasteiger partial charge on any atom is 0.305 e. The van der Waals surface area contributed by atoms with Gasteiger partial charge in [0.1, 0.15) is 0 Å². The number of cyclic esters (lactones) is 1. The van der Waals surface area contributed by atoms with E-state index in [0.717, 1.165) is 12.8 Å². The highest BCUT2D eigenvalue weighted by Crippen LogP contribution is 2.29. The summed E-state index contributed by atoms with van der Waals surface area (Å²) in [4.78, 5) is 11.3. The number of hydrogen-bond donors (Lipinski definition) is 0. The Kier molecular flexibility index (Phi) is 3.01. The molecule has 0 aliphatic carbocycles. The normalized spacial score (nSPS) is 20.4. The summed E-state index contributed by atoms with van der Waals surface area (Å²) in [5.74, 6) is 0.388. The van der Waals surface area contributed by atoms with E-state index in [1.54, 1.807) is 0 Å². The first kappa shape index (κ1) is 11.3. The maximum atomic E-state index is 11.3. The lowest BCUT2D eigenvalue weighted by Gasteiger charge is -2.13. The van der Waals surface area contributed by atoms with Crippen LogP contribution in [-0.4, -0.2) is 12.6 Å². The molecule has 1 aliphatic rings. The SMILES string of the molecule is O=C1CC[C@H](c2ccc3ccccc3c2)CCO1. The Morgan fingerprint density at radius 3 is 2.72 bits per heavy atom. The monoisotopic (exact) mass is 240 g/mol. The predicted molar refractivity (Wildman–Crippen MR) is 71.5 cm³/mol. The molecule has 0 N–H and O–H groups in total. The average molecular weight is 240 g/mol. The topological polar surface area (TPSA) is 26.3 Å². The molecule has 0 amide bonds. The van der Waals surface area contributed by atoms with Crippen molar-refractivity contribution in [3.8, 4) is 0 Å². The summed E-state index contributed by atoms with van der Waals surface area (Å²) >= 11 is 0. The highest BCUT2D eigenvalue weighted by atomic mass is 16.5. The average Bonchev–Trinajstić information content (AvgIpc) is 2.63. The standard InChI is InChI=1S/C16H16O2/c17-16-8-7-13(9-10-18-16)15-6-5-12-3-1-2-4-14(12)11-15/h1-6,11,13H,7-10H2/t13-/m0/s1. The Labute approximate surface area is 107 Å². The summed E-state index contributed by atoms with van der Waals surface area (Å²) in [7, 11) is 0. The molecule has 1 saturated heterocycles. The molecule has 0 unspecified atom stereocenters. The second-order valence-corrected chi connectivity index (χ2v) is 4.85. The van der Waals surface area contributed by atoms with Gasteiger partial charge in [0, 0.05) is 6.42 Å². The molecule has 1 heterocycles. The Balaban J connectivity index is 1.91. The zero-order chi connectivity index (χ0) is 12.4. The van der Waals surface area contributed by atoms with Crippen molar-refractivity contribution in [3.63, 3.8) is 0 Å². The van der Waals surface area contributed by atoms with Crippen molar-refractivity contribution in [3.05, 3.63) is 48.0 Å². The molecule has 0 radical (unpaired) electrons. The fraction of sp³-hybridized carbons (Fsp3) is 0.312. The van der Waals surface area contributed by atoms with Gasteiger partial charge in [0.25, 0.3) is 0 Å². The van der Waals surface area contributed by atoms with E-state index in [0.29, 0.717) is 18.9 Å². The van der Waals surface area contributed by atoms with Gasteiger partial charge < -0.3 is 4.74 Å². The predicted octanol–water partition coefficient (Wildman–Crippen LogP) is 3.65. The largest absolute Gasteiger partial charge is 0.466 e. The van der Waals surface area contributed by atoms with Gasteiger partial charge in [0.05, 0.1) is 6.61 Å². The third-order valence-electron chi connectivity index (χ3n) is 3.67. The number of carbonyl (C=O) groups excluding carboxylic acids is 1. The van der Waals surface area contributed by atoms with Gasteiger partial charge in [-0.1, -0.05) is 42.5 Å². The van der Waals surface area contributed by atoms with Crippen molar-refractivity contribution in [2.24, 2.45) is 0 Å². The molecule has 18 heavy (non-hydrogen) atoms. The third kappa shape index (κ3) is 2.23. The minimum absolute atomic E-state index is 0.0571. The molecule has 92 valence electrons. The van der Waals surface area contributed by atoms with Gasteiger partial charge in [-0.2, -0.15) is 0 Å². The van der Waals surface area contributed by atoms with E-state index in [9.17, 15) is 4.79 Å². The number of hydrogen-bond acceptors (Lipinski definition) is 2. The van der Waals surface area contributed by atoms with E-state index in [1.807, 2.05) is 0 Å². The van der Waals surface area contributed by atoms with Crippen LogP contribution in [0.2, 0.25) is 0 Å². The van der Waals surface area contributed by atoms with Crippen molar-refractivity contribution >= 4 is 16.7 Å². The number of carbonyl (C=O) groups is 1. The quantitative estimate of drug-likeness (QED) is 0.711. The molecule has 1 atom stereocenters. The lowest BCUT2D eigenvalue weighted by molar-refractivity contribution is -0.142. The van der Waals surface area contributed by atoms with E-state index in [1.165, 1.54) is 16.3 Å². The fourth-order valence-electron chi connectivity index (χ4n) is 2.62. The van der Waals surface area contributed by atoms with Crippen LogP contribution in [0, 0.1) is 0 Å². The third-order valence-corrected chi connectivity index (χ3v) is 3.67. The summed E-state index contributed by atoms with van der Waals surface area (Å²) in [6.07, 6.45) is 2.37. The molecule has 2 aromatic rings. The second kappa shape index (κ2) is 4.81. The van der Waals surface area contributed by atoms with Crippen LogP contribution in [0.4, 0.5) is 0 Å². The van der Waals surface area contributed by atoms with Crippen LogP contribution in [0.15, 0.2) is 42.5 Å². The zero-order valence-corrected chi connectivity index (χ0v) is 10.3. The van der Waals surface area contributed by atoms with E-state index in [4.69, 9.17) is 4.74 Å². The summed E-state index contributed by atoms with van der Waals surface area (Å²) < 4.78 is 5.10. The summed E-state index contributed by atoms with van der Waals surface area (Å²) in [6.45, 7) is 0.552. The molecule has 0 saturated carbocycles. The molecule has 2 nitrogen and oxygen atoms in total. The first-order chi connectivity index (χ1) is 8.83. The molecule has 0 bridgehead atoms. The number of fused-ring (bicyclic) bond motifs is 1. The van der Waals surface area contributed by atoms with Crippen molar-refractivity contribution in [1.82, 2.24) is 0 Å². The Bertz CT molecular complexity index is 574. The first-order valence-electron chi connectivity index (χ1n) is 6.47. The van der Waals surface area contributed by atoms with Gasteiger partial charge in [-0.15, -0.1) is 0 Å². The lowest BCUT2D eigenvalue weighted by Crippen LogP contribution is -2.00. The van der Waals surface area contributed by atoms with Crippen LogP contribution in [0.5, 0.6) is 0 Å². The molecule has 2 aromatic carbocycles. The van der Waals surface area contributed by atoms with Crippen molar-refractivity contribution in [1.29, 1.82) is 0 Å².